The average Bonchev–Trinajstić information content (AvgIpc) is 2.46. The highest BCUT2D eigenvalue weighted by atomic mass is 35.5. The molecule has 0 unspecified atom stereocenters. The van der Waals surface area contributed by atoms with Crippen molar-refractivity contribution in [1.82, 2.24) is 0 Å². The summed E-state index contributed by atoms with van der Waals surface area (Å²) in [5, 5.41) is 26.1. The number of phenolic OH excluding ortho intramolecular Hbond substituents is 2. The summed E-state index contributed by atoms with van der Waals surface area (Å²) in [6.07, 6.45) is 0. The van der Waals surface area contributed by atoms with Gasteiger partial charge in [-0.05, 0) is 52.7 Å². The molecule has 0 fully saturated rings. The van der Waals surface area contributed by atoms with E-state index < -0.39 is 10.0 Å². The molecule has 0 saturated carbocycles. The molecular formula is C16H12ClNO4S. The molecule has 4 N–H and O–H groups in total. The standard InChI is InChI=1S/C16H12ClNO4S/c17-12-3-4-16(23(18,21)22)13(8-12)10-2-1-9-6-14(19)15(20)7-11(9)5-10/h1-8,19-20H,(H2,18,21,22). The second kappa shape index (κ2) is 5.42. The summed E-state index contributed by atoms with van der Waals surface area (Å²) in [5.74, 6) is -0.481. The fourth-order valence-corrected chi connectivity index (χ4v) is 3.33. The Balaban J connectivity index is 2.29. The molecule has 3 rings (SSSR count). The summed E-state index contributed by atoms with van der Waals surface area (Å²) in [4.78, 5) is -0.0377. The Morgan fingerprint density at radius 3 is 2.17 bits per heavy atom. The Bertz CT molecular complexity index is 1030. The van der Waals surface area contributed by atoms with Gasteiger partial charge in [0.15, 0.2) is 11.5 Å². The zero-order valence-electron chi connectivity index (χ0n) is 11.7. The molecule has 0 amide bonds. The lowest BCUT2D eigenvalue weighted by atomic mass is 10.0. The van der Waals surface area contributed by atoms with Crippen LogP contribution in [0, 0.1) is 0 Å². The smallest absolute Gasteiger partial charge is 0.238 e. The number of nitrogens with two attached hydrogens (primary N) is 1. The molecule has 0 saturated heterocycles. The number of phenols is 2. The molecule has 23 heavy (non-hydrogen) atoms. The molecule has 5 nitrogen and oxygen atoms in total. The third-order valence-electron chi connectivity index (χ3n) is 3.49. The number of sulfonamides is 1. The fraction of sp³-hybridized carbons (Fsp3) is 0. The first-order valence-corrected chi connectivity index (χ1v) is 8.46. The topological polar surface area (TPSA) is 101 Å². The SMILES string of the molecule is NS(=O)(=O)c1ccc(Cl)cc1-c1ccc2cc(O)c(O)cc2c1. The number of primary sulfonamides is 1. The number of aromatic hydroxyl groups is 2. The van der Waals surface area contributed by atoms with Crippen molar-refractivity contribution in [3.05, 3.63) is 53.6 Å². The van der Waals surface area contributed by atoms with Crippen molar-refractivity contribution in [1.29, 1.82) is 0 Å². The van der Waals surface area contributed by atoms with E-state index in [2.05, 4.69) is 0 Å². The van der Waals surface area contributed by atoms with Crippen LogP contribution < -0.4 is 5.14 Å². The van der Waals surface area contributed by atoms with Gasteiger partial charge in [0.05, 0.1) is 4.90 Å². The molecule has 0 bridgehead atoms. The van der Waals surface area contributed by atoms with E-state index in [4.69, 9.17) is 16.7 Å². The van der Waals surface area contributed by atoms with Crippen LogP contribution in [-0.2, 0) is 10.0 Å². The highest BCUT2D eigenvalue weighted by Crippen LogP contribution is 2.35. The summed E-state index contributed by atoms with van der Waals surface area (Å²) in [7, 11) is -3.91. The van der Waals surface area contributed by atoms with Gasteiger partial charge in [-0.3, -0.25) is 0 Å². The zero-order chi connectivity index (χ0) is 16.8. The van der Waals surface area contributed by atoms with Crippen LogP contribution in [-0.4, -0.2) is 18.6 Å². The van der Waals surface area contributed by atoms with E-state index in [0.717, 1.165) is 0 Å². The number of benzene rings is 3. The van der Waals surface area contributed by atoms with Gasteiger partial charge in [-0.2, -0.15) is 0 Å². The third-order valence-corrected chi connectivity index (χ3v) is 4.70. The van der Waals surface area contributed by atoms with E-state index >= 15 is 0 Å². The van der Waals surface area contributed by atoms with Gasteiger partial charge in [-0.25, -0.2) is 13.6 Å². The highest BCUT2D eigenvalue weighted by molar-refractivity contribution is 7.89. The molecule has 0 radical (unpaired) electrons. The molecule has 3 aromatic carbocycles. The van der Waals surface area contributed by atoms with Crippen molar-refractivity contribution in [2.24, 2.45) is 5.14 Å². The van der Waals surface area contributed by atoms with E-state index in [1.54, 1.807) is 18.2 Å². The van der Waals surface area contributed by atoms with Crippen LogP contribution in [0.25, 0.3) is 21.9 Å². The van der Waals surface area contributed by atoms with Gasteiger partial charge >= 0.3 is 0 Å². The summed E-state index contributed by atoms with van der Waals surface area (Å²) < 4.78 is 23.5. The number of hydrogen-bond donors (Lipinski definition) is 3. The second-order valence-corrected chi connectivity index (χ2v) is 7.05. The van der Waals surface area contributed by atoms with Gasteiger partial charge in [0.25, 0.3) is 0 Å². The molecular weight excluding hydrogens is 338 g/mol. The Kier molecular flexibility index (Phi) is 3.68. The molecule has 0 aliphatic heterocycles. The summed E-state index contributed by atoms with van der Waals surface area (Å²) in [5.41, 5.74) is 0.948. The molecule has 3 aromatic rings. The van der Waals surface area contributed by atoms with Crippen LogP contribution in [0.4, 0.5) is 0 Å². The monoisotopic (exact) mass is 349 g/mol. The molecule has 0 aliphatic rings. The lowest BCUT2D eigenvalue weighted by Crippen LogP contribution is -2.13. The first-order valence-electron chi connectivity index (χ1n) is 6.54. The zero-order valence-corrected chi connectivity index (χ0v) is 13.3. The van der Waals surface area contributed by atoms with Gasteiger partial charge < -0.3 is 10.2 Å². The van der Waals surface area contributed by atoms with Crippen LogP contribution in [0.2, 0.25) is 5.02 Å². The Morgan fingerprint density at radius 2 is 1.52 bits per heavy atom. The van der Waals surface area contributed by atoms with Crippen molar-refractivity contribution in [2.75, 3.05) is 0 Å². The molecule has 118 valence electrons. The summed E-state index contributed by atoms with van der Waals surface area (Å²) in [6, 6.07) is 12.2. The van der Waals surface area contributed by atoms with Crippen molar-refractivity contribution >= 4 is 32.4 Å². The molecule has 0 aliphatic carbocycles. The molecule has 0 atom stereocenters. The van der Waals surface area contributed by atoms with Crippen LogP contribution in [0.5, 0.6) is 11.5 Å². The lowest BCUT2D eigenvalue weighted by molar-refractivity contribution is 0.405. The predicted molar refractivity (Wildman–Crippen MR) is 89.1 cm³/mol. The Labute approximate surface area is 137 Å². The maximum absolute atomic E-state index is 11.8. The minimum atomic E-state index is -3.91. The quantitative estimate of drug-likeness (QED) is 0.618. The van der Waals surface area contributed by atoms with E-state index in [-0.39, 0.29) is 16.4 Å². The predicted octanol–water partition coefficient (Wildman–Crippen LogP) is 3.22. The summed E-state index contributed by atoms with van der Waals surface area (Å²) in [6.45, 7) is 0. The minimum absolute atomic E-state index is 0.0377. The number of halogens is 1. The second-order valence-electron chi connectivity index (χ2n) is 5.09. The Morgan fingerprint density at radius 1 is 0.870 bits per heavy atom. The average molecular weight is 350 g/mol. The molecule has 7 heteroatoms. The van der Waals surface area contributed by atoms with Gasteiger partial charge in [0, 0.05) is 10.6 Å². The first-order chi connectivity index (χ1) is 10.8. The Hall–Kier alpha value is -2.28. The van der Waals surface area contributed by atoms with Gasteiger partial charge in [0.1, 0.15) is 0 Å². The van der Waals surface area contributed by atoms with E-state index in [1.807, 2.05) is 0 Å². The lowest BCUT2D eigenvalue weighted by Gasteiger charge is -2.10. The van der Waals surface area contributed by atoms with Gasteiger partial charge in [0.2, 0.25) is 10.0 Å². The number of hydrogen-bond acceptors (Lipinski definition) is 4. The van der Waals surface area contributed by atoms with Gasteiger partial charge in [-0.15, -0.1) is 0 Å². The number of fused-ring (bicyclic) bond motifs is 1. The maximum Gasteiger partial charge on any atom is 0.238 e. The molecule has 0 spiro atoms. The van der Waals surface area contributed by atoms with E-state index in [9.17, 15) is 18.6 Å². The van der Waals surface area contributed by atoms with Crippen molar-refractivity contribution in [3.8, 4) is 22.6 Å². The van der Waals surface area contributed by atoms with E-state index in [0.29, 0.717) is 26.9 Å². The van der Waals surface area contributed by atoms with Crippen molar-refractivity contribution in [2.45, 2.75) is 4.90 Å². The molecule has 0 heterocycles. The first kappa shape index (κ1) is 15.6. The van der Waals surface area contributed by atoms with Crippen LogP contribution >= 0.6 is 11.6 Å². The normalized spacial score (nSPS) is 11.7. The van der Waals surface area contributed by atoms with Crippen LogP contribution in [0.15, 0.2) is 53.4 Å². The summed E-state index contributed by atoms with van der Waals surface area (Å²) >= 11 is 5.97. The van der Waals surface area contributed by atoms with Crippen molar-refractivity contribution in [3.63, 3.8) is 0 Å². The van der Waals surface area contributed by atoms with Crippen LogP contribution in [0.1, 0.15) is 0 Å². The minimum Gasteiger partial charge on any atom is -0.504 e. The van der Waals surface area contributed by atoms with Crippen LogP contribution in [0.3, 0.4) is 0 Å². The fourth-order valence-electron chi connectivity index (χ4n) is 2.42. The number of rotatable bonds is 2. The van der Waals surface area contributed by atoms with Gasteiger partial charge in [-0.1, -0.05) is 23.7 Å². The molecule has 0 aromatic heterocycles. The maximum atomic E-state index is 11.8. The third kappa shape index (κ3) is 2.96. The largest absolute Gasteiger partial charge is 0.504 e. The van der Waals surface area contributed by atoms with E-state index in [1.165, 1.54) is 30.3 Å². The van der Waals surface area contributed by atoms with Crippen molar-refractivity contribution < 1.29 is 18.6 Å². The highest BCUT2D eigenvalue weighted by Gasteiger charge is 2.16.